The fraction of sp³-hybridized carbons (Fsp3) is 0.0769. The molecule has 0 fully saturated rings. The molecule has 0 spiro atoms. The molecule has 0 aliphatic rings. The van der Waals surface area contributed by atoms with Gasteiger partial charge in [-0.1, -0.05) is 23.2 Å². The Hall–Kier alpha value is -1.32. The van der Waals surface area contributed by atoms with Crippen molar-refractivity contribution in [1.29, 1.82) is 0 Å². The standard InChI is InChI=1S/C13H9Cl2F2N/c14-9-1-8(2-11(16)3-9)7-18-13-5-10(15)4-12(17)6-13/h1-6,18H,7H2. The summed E-state index contributed by atoms with van der Waals surface area (Å²) in [4.78, 5) is 0. The maximum atomic E-state index is 13.1. The lowest BCUT2D eigenvalue weighted by Crippen LogP contribution is -2.00. The van der Waals surface area contributed by atoms with E-state index in [-0.39, 0.29) is 0 Å². The molecule has 0 unspecified atom stereocenters. The monoisotopic (exact) mass is 287 g/mol. The average Bonchev–Trinajstić information content (AvgIpc) is 2.23. The summed E-state index contributed by atoms with van der Waals surface area (Å²) in [5.41, 5.74) is 1.20. The Kier molecular flexibility index (Phi) is 4.04. The van der Waals surface area contributed by atoms with E-state index in [0.29, 0.717) is 27.8 Å². The molecule has 0 bridgehead atoms. The van der Waals surface area contributed by atoms with Crippen molar-refractivity contribution in [3.8, 4) is 0 Å². The van der Waals surface area contributed by atoms with E-state index in [4.69, 9.17) is 23.2 Å². The van der Waals surface area contributed by atoms with Crippen LogP contribution < -0.4 is 5.32 Å². The SMILES string of the molecule is Fc1cc(Cl)cc(CNc2cc(F)cc(Cl)c2)c1. The summed E-state index contributed by atoms with van der Waals surface area (Å²) in [5.74, 6) is -0.834. The second kappa shape index (κ2) is 5.55. The molecule has 0 heterocycles. The van der Waals surface area contributed by atoms with Crippen LogP contribution in [0.15, 0.2) is 36.4 Å². The van der Waals surface area contributed by atoms with Crippen LogP contribution in [0.3, 0.4) is 0 Å². The molecule has 2 aromatic carbocycles. The van der Waals surface area contributed by atoms with Crippen LogP contribution in [0.1, 0.15) is 5.56 Å². The second-order valence-corrected chi connectivity index (χ2v) is 4.66. The molecule has 18 heavy (non-hydrogen) atoms. The van der Waals surface area contributed by atoms with E-state index >= 15 is 0 Å². The van der Waals surface area contributed by atoms with Crippen LogP contribution in [0.5, 0.6) is 0 Å². The third-order valence-electron chi connectivity index (χ3n) is 2.28. The Bertz CT molecular complexity index is 481. The lowest BCUT2D eigenvalue weighted by atomic mass is 10.2. The number of hydrogen-bond donors (Lipinski definition) is 1. The number of halogens is 4. The van der Waals surface area contributed by atoms with Gasteiger partial charge in [-0.15, -0.1) is 0 Å². The average molecular weight is 288 g/mol. The van der Waals surface area contributed by atoms with E-state index in [2.05, 4.69) is 5.32 Å². The zero-order valence-corrected chi connectivity index (χ0v) is 10.7. The first kappa shape index (κ1) is 13.1. The van der Waals surface area contributed by atoms with Gasteiger partial charge in [0.1, 0.15) is 11.6 Å². The largest absolute Gasteiger partial charge is 0.381 e. The summed E-state index contributed by atoms with van der Waals surface area (Å²) in [5, 5.41) is 3.57. The number of benzene rings is 2. The van der Waals surface area contributed by atoms with Crippen LogP contribution in [0.25, 0.3) is 0 Å². The molecule has 1 N–H and O–H groups in total. The van der Waals surface area contributed by atoms with Gasteiger partial charge in [0.25, 0.3) is 0 Å². The summed E-state index contributed by atoms with van der Waals surface area (Å²) in [6, 6.07) is 8.34. The van der Waals surface area contributed by atoms with Gasteiger partial charge in [0, 0.05) is 22.3 Å². The van der Waals surface area contributed by atoms with Crippen molar-refractivity contribution in [3.05, 3.63) is 63.6 Å². The van der Waals surface area contributed by atoms with Gasteiger partial charge in [-0.2, -0.15) is 0 Å². The quantitative estimate of drug-likeness (QED) is 0.848. The van der Waals surface area contributed by atoms with Crippen LogP contribution in [0.4, 0.5) is 14.5 Å². The Morgan fingerprint density at radius 1 is 0.833 bits per heavy atom. The van der Waals surface area contributed by atoms with Gasteiger partial charge >= 0.3 is 0 Å². The van der Waals surface area contributed by atoms with Crippen LogP contribution in [0.2, 0.25) is 10.0 Å². The van der Waals surface area contributed by atoms with Crippen molar-refractivity contribution in [2.24, 2.45) is 0 Å². The zero-order chi connectivity index (χ0) is 13.1. The number of nitrogens with one attached hydrogen (secondary N) is 1. The highest BCUT2D eigenvalue weighted by Crippen LogP contribution is 2.20. The molecule has 0 aromatic heterocycles. The highest BCUT2D eigenvalue weighted by molar-refractivity contribution is 6.31. The molecular weight excluding hydrogens is 279 g/mol. The summed E-state index contributed by atoms with van der Waals surface area (Å²) in [6.07, 6.45) is 0. The van der Waals surface area contributed by atoms with Crippen LogP contribution in [0, 0.1) is 11.6 Å². The lowest BCUT2D eigenvalue weighted by Gasteiger charge is -2.08. The van der Waals surface area contributed by atoms with E-state index in [1.165, 1.54) is 24.3 Å². The van der Waals surface area contributed by atoms with Crippen LogP contribution in [-0.4, -0.2) is 0 Å². The van der Waals surface area contributed by atoms with Gasteiger partial charge in [0.05, 0.1) is 0 Å². The van der Waals surface area contributed by atoms with Crippen molar-refractivity contribution >= 4 is 28.9 Å². The number of anilines is 1. The molecule has 0 aliphatic heterocycles. The van der Waals surface area contributed by atoms with Gasteiger partial charge in [0.15, 0.2) is 0 Å². The van der Waals surface area contributed by atoms with E-state index in [0.717, 1.165) is 0 Å². The minimum Gasteiger partial charge on any atom is -0.381 e. The minimum absolute atomic E-state index is 0.301. The third-order valence-corrected chi connectivity index (χ3v) is 2.72. The van der Waals surface area contributed by atoms with Crippen molar-refractivity contribution in [2.45, 2.75) is 6.54 Å². The molecular formula is C13H9Cl2F2N. The lowest BCUT2D eigenvalue weighted by molar-refractivity contribution is 0.625. The van der Waals surface area contributed by atoms with Crippen molar-refractivity contribution in [3.63, 3.8) is 0 Å². The first-order valence-electron chi connectivity index (χ1n) is 5.18. The topological polar surface area (TPSA) is 12.0 Å². The molecule has 94 valence electrons. The first-order chi connectivity index (χ1) is 8.52. The van der Waals surface area contributed by atoms with Crippen molar-refractivity contribution in [2.75, 3.05) is 5.32 Å². The molecule has 2 rings (SSSR count). The zero-order valence-electron chi connectivity index (χ0n) is 9.18. The molecule has 1 nitrogen and oxygen atoms in total. The summed E-state index contributed by atoms with van der Waals surface area (Å²) in [7, 11) is 0. The molecule has 0 saturated heterocycles. The summed E-state index contributed by atoms with van der Waals surface area (Å²) < 4.78 is 26.2. The van der Waals surface area contributed by atoms with Gasteiger partial charge in [0.2, 0.25) is 0 Å². The predicted octanol–water partition coefficient (Wildman–Crippen LogP) is 4.88. The summed E-state index contributed by atoms with van der Waals surface area (Å²) in [6.45, 7) is 0.331. The van der Waals surface area contributed by atoms with Gasteiger partial charge in [-0.3, -0.25) is 0 Å². The minimum atomic E-state index is -0.428. The smallest absolute Gasteiger partial charge is 0.126 e. The fourth-order valence-corrected chi connectivity index (χ4v) is 2.04. The fourth-order valence-electron chi connectivity index (χ4n) is 1.57. The van der Waals surface area contributed by atoms with E-state index in [9.17, 15) is 8.78 Å². The maximum absolute atomic E-state index is 13.1. The number of rotatable bonds is 3. The van der Waals surface area contributed by atoms with Crippen molar-refractivity contribution < 1.29 is 8.78 Å². The second-order valence-electron chi connectivity index (χ2n) is 3.79. The van der Waals surface area contributed by atoms with Crippen LogP contribution in [-0.2, 0) is 6.54 Å². The molecule has 0 amide bonds. The Balaban J connectivity index is 2.11. The highest BCUT2D eigenvalue weighted by Gasteiger charge is 2.02. The highest BCUT2D eigenvalue weighted by atomic mass is 35.5. The first-order valence-corrected chi connectivity index (χ1v) is 5.93. The van der Waals surface area contributed by atoms with Gasteiger partial charge < -0.3 is 5.32 Å². The maximum Gasteiger partial charge on any atom is 0.126 e. The van der Waals surface area contributed by atoms with Crippen molar-refractivity contribution in [1.82, 2.24) is 0 Å². The summed E-state index contributed by atoms with van der Waals surface area (Å²) >= 11 is 11.5. The molecule has 0 saturated carbocycles. The third kappa shape index (κ3) is 3.59. The van der Waals surface area contributed by atoms with Gasteiger partial charge in [-0.25, -0.2) is 8.78 Å². The Morgan fingerprint density at radius 3 is 2.06 bits per heavy atom. The normalized spacial score (nSPS) is 10.4. The van der Waals surface area contributed by atoms with E-state index in [1.807, 2.05) is 0 Å². The van der Waals surface area contributed by atoms with Crippen LogP contribution >= 0.6 is 23.2 Å². The molecule has 0 radical (unpaired) electrons. The Morgan fingerprint density at radius 2 is 1.44 bits per heavy atom. The Labute approximate surface area is 113 Å². The molecule has 0 atom stereocenters. The molecule has 0 aliphatic carbocycles. The predicted molar refractivity (Wildman–Crippen MR) is 70.1 cm³/mol. The van der Waals surface area contributed by atoms with E-state index in [1.54, 1.807) is 12.1 Å². The van der Waals surface area contributed by atoms with E-state index < -0.39 is 11.6 Å². The molecule has 2 aromatic rings. The van der Waals surface area contributed by atoms with Gasteiger partial charge in [-0.05, 0) is 42.0 Å². The number of hydrogen-bond acceptors (Lipinski definition) is 1. The molecule has 5 heteroatoms.